The van der Waals surface area contributed by atoms with Crippen LogP contribution in [0.15, 0.2) is 41.2 Å². The standard InChI is InChI=1S/C17H14Cl2FN3O/c1-9(11-6-14(20)13(19)7-12(11)18)21-8-16-22-15-5-3-2-4-10(15)17(24)23-16/h2-7,9,21H,8H2,1H3,(H,22,23,24)/p+1/t9-/m1/s1. The molecular formula is C17H15Cl2FN3O+. The number of aromatic amines is 1. The van der Waals surface area contributed by atoms with E-state index in [1.165, 1.54) is 12.1 Å². The number of nitrogens with two attached hydrogens (primary N) is 1. The lowest BCUT2D eigenvalue weighted by Gasteiger charge is -2.13. The van der Waals surface area contributed by atoms with Crippen molar-refractivity contribution in [3.63, 3.8) is 0 Å². The average Bonchev–Trinajstić information content (AvgIpc) is 2.56. The molecule has 0 unspecified atom stereocenters. The van der Waals surface area contributed by atoms with Gasteiger partial charge in [-0.2, -0.15) is 0 Å². The summed E-state index contributed by atoms with van der Waals surface area (Å²) in [5.74, 6) is 0.0460. The lowest BCUT2D eigenvalue weighted by atomic mass is 10.1. The Morgan fingerprint density at radius 3 is 2.79 bits per heavy atom. The van der Waals surface area contributed by atoms with Crippen molar-refractivity contribution < 1.29 is 9.71 Å². The molecular weight excluding hydrogens is 352 g/mol. The molecule has 4 nitrogen and oxygen atoms in total. The monoisotopic (exact) mass is 366 g/mol. The first-order valence-electron chi connectivity index (χ1n) is 7.41. The predicted molar refractivity (Wildman–Crippen MR) is 92.8 cm³/mol. The number of quaternary nitrogens is 1. The maximum absolute atomic E-state index is 13.6. The summed E-state index contributed by atoms with van der Waals surface area (Å²) < 4.78 is 13.6. The van der Waals surface area contributed by atoms with Gasteiger partial charge in [0.2, 0.25) is 0 Å². The highest BCUT2D eigenvalue weighted by Gasteiger charge is 2.16. The highest BCUT2D eigenvalue weighted by molar-refractivity contribution is 6.35. The van der Waals surface area contributed by atoms with E-state index in [1.807, 2.05) is 18.3 Å². The molecule has 1 atom stereocenters. The highest BCUT2D eigenvalue weighted by Crippen LogP contribution is 2.27. The minimum Gasteiger partial charge on any atom is -0.334 e. The van der Waals surface area contributed by atoms with Crippen molar-refractivity contribution >= 4 is 34.1 Å². The van der Waals surface area contributed by atoms with Gasteiger partial charge in [-0.1, -0.05) is 35.3 Å². The van der Waals surface area contributed by atoms with Crippen LogP contribution < -0.4 is 10.9 Å². The normalized spacial score (nSPS) is 12.5. The quantitative estimate of drug-likeness (QED) is 0.696. The van der Waals surface area contributed by atoms with Crippen molar-refractivity contribution in [3.8, 4) is 0 Å². The number of para-hydroxylation sites is 1. The summed E-state index contributed by atoms with van der Waals surface area (Å²) in [7, 11) is 0. The summed E-state index contributed by atoms with van der Waals surface area (Å²) in [5, 5.41) is 2.88. The van der Waals surface area contributed by atoms with E-state index in [4.69, 9.17) is 23.2 Å². The average molecular weight is 367 g/mol. The van der Waals surface area contributed by atoms with Gasteiger partial charge in [-0.3, -0.25) is 4.79 Å². The molecule has 0 saturated heterocycles. The third kappa shape index (κ3) is 3.43. The van der Waals surface area contributed by atoms with Crippen molar-refractivity contribution in [1.82, 2.24) is 9.97 Å². The number of halogens is 3. The zero-order valence-electron chi connectivity index (χ0n) is 12.8. The van der Waals surface area contributed by atoms with Crippen molar-refractivity contribution in [2.75, 3.05) is 0 Å². The topological polar surface area (TPSA) is 62.4 Å². The number of rotatable bonds is 4. The third-order valence-corrected chi connectivity index (χ3v) is 4.47. The van der Waals surface area contributed by atoms with Gasteiger partial charge in [0.1, 0.15) is 18.4 Å². The van der Waals surface area contributed by atoms with Crippen molar-refractivity contribution in [3.05, 3.63) is 74.0 Å². The molecule has 0 spiro atoms. The number of benzene rings is 2. The van der Waals surface area contributed by atoms with E-state index < -0.39 is 5.82 Å². The molecule has 3 rings (SSSR count). The molecule has 24 heavy (non-hydrogen) atoms. The molecule has 1 heterocycles. The van der Waals surface area contributed by atoms with Crippen LogP contribution in [-0.4, -0.2) is 9.97 Å². The molecule has 0 aliphatic rings. The van der Waals surface area contributed by atoms with E-state index in [9.17, 15) is 9.18 Å². The molecule has 1 aromatic heterocycles. The summed E-state index contributed by atoms with van der Waals surface area (Å²) in [5.41, 5.74) is 1.11. The number of hydrogen-bond donors (Lipinski definition) is 2. The van der Waals surface area contributed by atoms with Crippen LogP contribution in [-0.2, 0) is 6.54 Å². The van der Waals surface area contributed by atoms with Crippen LogP contribution in [0.1, 0.15) is 24.4 Å². The molecule has 0 aliphatic heterocycles. The summed E-state index contributed by atoms with van der Waals surface area (Å²) in [6, 6.07) is 9.76. The van der Waals surface area contributed by atoms with E-state index in [2.05, 4.69) is 9.97 Å². The molecule has 3 aromatic rings. The first-order valence-corrected chi connectivity index (χ1v) is 8.17. The Hall–Kier alpha value is -1.95. The number of H-pyrrole nitrogens is 1. The number of aromatic nitrogens is 2. The molecule has 0 bridgehead atoms. The smallest absolute Gasteiger partial charge is 0.258 e. The minimum atomic E-state index is -0.506. The van der Waals surface area contributed by atoms with E-state index >= 15 is 0 Å². The lowest BCUT2D eigenvalue weighted by molar-refractivity contribution is -0.708. The minimum absolute atomic E-state index is 0.00326. The molecule has 0 radical (unpaired) electrons. The summed E-state index contributed by atoms with van der Waals surface area (Å²) >= 11 is 11.9. The molecule has 0 fully saturated rings. The van der Waals surface area contributed by atoms with Crippen molar-refractivity contribution in [2.45, 2.75) is 19.5 Å². The second-order valence-corrected chi connectivity index (χ2v) is 6.36. The first-order chi connectivity index (χ1) is 11.5. The van der Waals surface area contributed by atoms with Crippen molar-refractivity contribution in [1.29, 1.82) is 0 Å². The molecule has 3 N–H and O–H groups in total. The van der Waals surface area contributed by atoms with Gasteiger partial charge in [-0.25, -0.2) is 9.37 Å². The zero-order valence-corrected chi connectivity index (χ0v) is 14.3. The first kappa shape index (κ1) is 16.9. The summed E-state index contributed by atoms with van der Waals surface area (Å²) in [4.78, 5) is 19.3. The van der Waals surface area contributed by atoms with Gasteiger partial charge in [-0.15, -0.1) is 0 Å². The van der Waals surface area contributed by atoms with E-state index in [0.717, 1.165) is 0 Å². The maximum Gasteiger partial charge on any atom is 0.258 e. The maximum atomic E-state index is 13.6. The lowest BCUT2D eigenvalue weighted by Crippen LogP contribution is -2.83. The van der Waals surface area contributed by atoms with E-state index in [-0.39, 0.29) is 16.6 Å². The van der Waals surface area contributed by atoms with Crippen molar-refractivity contribution in [2.24, 2.45) is 0 Å². The van der Waals surface area contributed by atoms with Gasteiger partial charge in [0.05, 0.1) is 20.9 Å². The third-order valence-electron chi connectivity index (χ3n) is 3.86. The van der Waals surface area contributed by atoms with Gasteiger partial charge < -0.3 is 10.3 Å². The molecule has 0 aliphatic carbocycles. The second-order valence-electron chi connectivity index (χ2n) is 5.55. The van der Waals surface area contributed by atoms with Crippen LogP contribution in [0.25, 0.3) is 10.9 Å². The fourth-order valence-corrected chi connectivity index (χ4v) is 3.09. The summed E-state index contributed by atoms with van der Waals surface area (Å²) in [6.45, 7) is 2.33. The number of nitrogens with one attached hydrogen (secondary N) is 1. The van der Waals surface area contributed by atoms with Crippen LogP contribution >= 0.6 is 23.2 Å². The van der Waals surface area contributed by atoms with Crippen LogP contribution in [0.2, 0.25) is 10.0 Å². The van der Waals surface area contributed by atoms with E-state index in [0.29, 0.717) is 33.9 Å². The Labute approximate surface area is 147 Å². The molecule has 7 heteroatoms. The number of fused-ring (bicyclic) bond motifs is 1. The Bertz CT molecular complexity index is 958. The van der Waals surface area contributed by atoms with Crippen LogP contribution in [0.5, 0.6) is 0 Å². The SMILES string of the molecule is C[C@@H]([NH2+]Cc1nc2ccccc2c(=O)[nH]1)c1cc(F)c(Cl)cc1Cl. The fraction of sp³-hybridized carbons (Fsp3) is 0.176. The highest BCUT2D eigenvalue weighted by atomic mass is 35.5. The number of hydrogen-bond acceptors (Lipinski definition) is 2. The van der Waals surface area contributed by atoms with Crippen LogP contribution in [0.3, 0.4) is 0 Å². The second kappa shape index (κ2) is 6.89. The van der Waals surface area contributed by atoms with Crippen LogP contribution in [0.4, 0.5) is 4.39 Å². The van der Waals surface area contributed by atoms with Crippen LogP contribution in [0, 0.1) is 5.82 Å². The van der Waals surface area contributed by atoms with Gasteiger partial charge in [0.15, 0.2) is 5.82 Å². The van der Waals surface area contributed by atoms with Gasteiger partial charge in [-0.05, 0) is 31.2 Å². The molecule has 2 aromatic carbocycles. The number of nitrogens with zero attached hydrogens (tertiary/aromatic N) is 1. The Kier molecular flexibility index (Phi) is 4.85. The van der Waals surface area contributed by atoms with E-state index in [1.54, 1.807) is 18.2 Å². The zero-order chi connectivity index (χ0) is 17.3. The van der Waals surface area contributed by atoms with Gasteiger partial charge >= 0.3 is 0 Å². The molecule has 0 saturated carbocycles. The fourth-order valence-electron chi connectivity index (χ4n) is 2.53. The molecule has 124 valence electrons. The Balaban J connectivity index is 1.81. The molecule has 0 amide bonds. The Morgan fingerprint density at radius 2 is 2.00 bits per heavy atom. The predicted octanol–water partition coefficient (Wildman–Crippen LogP) is 3.19. The van der Waals surface area contributed by atoms with Gasteiger partial charge in [0.25, 0.3) is 5.56 Å². The summed E-state index contributed by atoms with van der Waals surface area (Å²) in [6.07, 6.45) is 0. The Morgan fingerprint density at radius 1 is 1.25 bits per heavy atom. The largest absolute Gasteiger partial charge is 0.334 e. The van der Waals surface area contributed by atoms with Gasteiger partial charge in [0, 0.05) is 5.56 Å².